The first-order chi connectivity index (χ1) is 5.22. The van der Waals surface area contributed by atoms with E-state index in [1.165, 1.54) is 11.3 Å². The molecule has 4 nitrogen and oxygen atoms in total. The van der Waals surface area contributed by atoms with E-state index < -0.39 is 0 Å². The average Bonchev–Trinajstić information content (AvgIpc) is 2.35. The number of nitrogens with two attached hydrogens (primary N) is 1. The zero-order valence-corrected chi connectivity index (χ0v) is 6.85. The first-order valence-corrected chi connectivity index (χ1v) is 4.02. The maximum atomic E-state index is 10.7. The minimum Gasteiger partial charge on any atom is -0.406 e. The van der Waals surface area contributed by atoms with Crippen molar-refractivity contribution in [2.45, 2.75) is 13.3 Å². The van der Waals surface area contributed by atoms with E-state index in [1.807, 2.05) is 0 Å². The summed E-state index contributed by atoms with van der Waals surface area (Å²) in [5, 5.41) is 2.01. The summed E-state index contributed by atoms with van der Waals surface area (Å²) >= 11 is 1.25. The minimum absolute atomic E-state index is 0.291. The zero-order chi connectivity index (χ0) is 8.27. The molecule has 1 aromatic heterocycles. The number of carbonyl (C=O) groups excluding carboxylic acids is 1. The Bertz CT molecular complexity index is 259. The average molecular weight is 172 g/mol. The van der Waals surface area contributed by atoms with Crippen LogP contribution in [0.25, 0.3) is 0 Å². The molecular weight excluding hydrogens is 164 g/mol. The van der Waals surface area contributed by atoms with Crippen LogP contribution < -0.4 is 10.5 Å². The first kappa shape index (κ1) is 8.00. The number of thiazole rings is 1. The fraction of sp³-hybridized carbons (Fsp3) is 0.333. The van der Waals surface area contributed by atoms with Gasteiger partial charge in [0.1, 0.15) is 0 Å². The van der Waals surface area contributed by atoms with Gasteiger partial charge in [-0.2, -0.15) is 4.98 Å². The lowest BCUT2D eigenvalue weighted by atomic mass is 10.5. The molecule has 0 radical (unpaired) electrons. The second-order valence-corrected chi connectivity index (χ2v) is 2.74. The number of rotatable bonds is 2. The van der Waals surface area contributed by atoms with Crippen molar-refractivity contribution in [2.24, 2.45) is 0 Å². The van der Waals surface area contributed by atoms with Gasteiger partial charge in [0.25, 0.3) is 0 Å². The van der Waals surface area contributed by atoms with Gasteiger partial charge in [0.2, 0.25) is 5.88 Å². The fourth-order valence-electron chi connectivity index (χ4n) is 0.508. The molecule has 5 heteroatoms. The quantitative estimate of drug-likeness (QED) is 0.677. The van der Waals surface area contributed by atoms with Crippen molar-refractivity contribution in [3.8, 4) is 5.88 Å². The standard InChI is InChI=1S/C6H8N2O2S/c1-2-5(9)10-4-3-11-6(7)8-4/h3H,2H2,1H3,(H2,7,8). The summed E-state index contributed by atoms with van der Waals surface area (Å²) in [7, 11) is 0. The third kappa shape index (κ3) is 2.19. The lowest BCUT2D eigenvalue weighted by molar-refractivity contribution is -0.134. The SMILES string of the molecule is CCC(=O)Oc1csc(N)n1. The molecule has 0 spiro atoms. The van der Waals surface area contributed by atoms with Crippen LogP contribution in [0.5, 0.6) is 5.88 Å². The van der Waals surface area contributed by atoms with Crippen LogP contribution in [0.1, 0.15) is 13.3 Å². The molecule has 1 heterocycles. The number of nitrogen functional groups attached to an aromatic ring is 1. The molecule has 0 unspecified atom stereocenters. The van der Waals surface area contributed by atoms with E-state index in [-0.39, 0.29) is 5.97 Å². The van der Waals surface area contributed by atoms with Crippen molar-refractivity contribution in [3.05, 3.63) is 5.38 Å². The summed E-state index contributed by atoms with van der Waals surface area (Å²) in [5.41, 5.74) is 5.31. The molecule has 2 N–H and O–H groups in total. The van der Waals surface area contributed by atoms with Crippen LogP contribution >= 0.6 is 11.3 Å². The van der Waals surface area contributed by atoms with Crippen molar-refractivity contribution in [1.29, 1.82) is 0 Å². The number of hydrogen-bond donors (Lipinski definition) is 1. The van der Waals surface area contributed by atoms with Crippen molar-refractivity contribution in [3.63, 3.8) is 0 Å². The van der Waals surface area contributed by atoms with Crippen molar-refractivity contribution >= 4 is 22.4 Å². The second-order valence-electron chi connectivity index (χ2n) is 1.85. The number of esters is 1. The third-order valence-electron chi connectivity index (χ3n) is 1.01. The first-order valence-electron chi connectivity index (χ1n) is 3.14. The number of aromatic nitrogens is 1. The van der Waals surface area contributed by atoms with Gasteiger partial charge in [0, 0.05) is 6.42 Å². The van der Waals surface area contributed by atoms with E-state index in [0.717, 1.165) is 0 Å². The van der Waals surface area contributed by atoms with Gasteiger partial charge in [-0.3, -0.25) is 4.79 Å². The van der Waals surface area contributed by atoms with E-state index in [2.05, 4.69) is 4.98 Å². The maximum absolute atomic E-state index is 10.7. The smallest absolute Gasteiger partial charge is 0.312 e. The lowest BCUT2D eigenvalue weighted by Gasteiger charge is -1.94. The Morgan fingerprint density at radius 2 is 2.64 bits per heavy atom. The summed E-state index contributed by atoms with van der Waals surface area (Å²) < 4.78 is 4.76. The van der Waals surface area contributed by atoms with E-state index in [1.54, 1.807) is 12.3 Å². The molecule has 0 bridgehead atoms. The Morgan fingerprint density at radius 3 is 3.09 bits per heavy atom. The van der Waals surface area contributed by atoms with Crippen LogP contribution in [0, 0.1) is 0 Å². The van der Waals surface area contributed by atoms with E-state index in [4.69, 9.17) is 10.5 Å². The van der Waals surface area contributed by atoms with Gasteiger partial charge in [-0.1, -0.05) is 6.92 Å². The molecule has 0 atom stereocenters. The van der Waals surface area contributed by atoms with Crippen LogP contribution in [-0.2, 0) is 4.79 Å². The van der Waals surface area contributed by atoms with Gasteiger partial charge >= 0.3 is 5.97 Å². The van der Waals surface area contributed by atoms with Gasteiger partial charge in [0.15, 0.2) is 5.13 Å². The van der Waals surface area contributed by atoms with E-state index in [9.17, 15) is 4.79 Å². The summed E-state index contributed by atoms with van der Waals surface area (Å²) in [6.07, 6.45) is 0.345. The van der Waals surface area contributed by atoms with Crippen LogP contribution in [0.15, 0.2) is 5.38 Å². The molecule has 11 heavy (non-hydrogen) atoms. The van der Waals surface area contributed by atoms with Crippen molar-refractivity contribution in [2.75, 3.05) is 5.73 Å². The molecule has 0 saturated heterocycles. The van der Waals surface area contributed by atoms with E-state index >= 15 is 0 Å². The highest BCUT2D eigenvalue weighted by molar-refractivity contribution is 7.13. The maximum Gasteiger partial charge on any atom is 0.312 e. The topological polar surface area (TPSA) is 65.2 Å². The Balaban J connectivity index is 2.57. The predicted octanol–water partition coefficient (Wildman–Crippen LogP) is 1.04. The Morgan fingerprint density at radius 1 is 1.91 bits per heavy atom. The highest BCUT2D eigenvalue weighted by atomic mass is 32.1. The molecule has 0 aromatic carbocycles. The van der Waals surface area contributed by atoms with Crippen molar-refractivity contribution in [1.82, 2.24) is 4.98 Å². The van der Waals surface area contributed by atoms with Gasteiger partial charge < -0.3 is 10.5 Å². The van der Waals surface area contributed by atoms with Crippen LogP contribution in [0.4, 0.5) is 5.13 Å². The number of nitrogens with zero attached hydrogens (tertiary/aromatic N) is 1. The third-order valence-corrected chi connectivity index (χ3v) is 1.66. The molecule has 1 aromatic rings. The Labute approximate surface area is 68.0 Å². The largest absolute Gasteiger partial charge is 0.406 e. The molecule has 60 valence electrons. The molecule has 0 aliphatic carbocycles. The highest BCUT2D eigenvalue weighted by Gasteiger charge is 2.03. The predicted molar refractivity (Wildman–Crippen MR) is 42.5 cm³/mol. The van der Waals surface area contributed by atoms with Crippen LogP contribution in [0.3, 0.4) is 0 Å². The highest BCUT2D eigenvalue weighted by Crippen LogP contribution is 2.17. The fourth-order valence-corrected chi connectivity index (χ4v) is 0.973. The molecule has 1 rings (SSSR count). The second kappa shape index (κ2) is 3.34. The Hall–Kier alpha value is -1.10. The van der Waals surface area contributed by atoms with Gasteiger partial charge in [-0.15, -0.1) is 11.3 Å². The summed E-state index contributed by atoms with van der Waals surface area (Å²) in [6.45, 7) is 1.72. The summed E-state index contributed by atoms with van der Waals surface area (Å²) in [6, 6.07) is 0. The number of hydrogen-bond acceptors (Lipinski definition) is 5. The summed E-state index contributed by atoms with van der Waals surface area (Å²) in [5.74, 6) is -0.00495. The Kier molecular flexibility index (Phi) is 2.43. The number of ether oxygens (including phenoxy) is 1. The molecule has 0 aliphatic heterocycles. The number of carbonyl (C=O) groups is 1. The van der Waals surface area contributed by atoms with Gasteiger partial charge in [-0.25, -0.2) is 0 Å². The molecule has 0 fully saturated rings. The molecule has 0 amide bonds. The van der Waals surface area contributed by atoms with Crippen LogP contribution in [0.2, 0.25) is 0 Å². The normalized spacial score (nSPS) is 9.55. The molecular formula is C6H8N2O2S. The molecule has 0 aliphatic rings. The monoisotopic (exact) mass is 172 g/mol. The minimum atomic E-state index is -0.296. The van der Waals surface area contributed by atoms with Crippen molar-refractivity contribution < 1.29 is 9.53 Å². The lowest BCUT2D eigenvalue weighted by Crippen LogP contribution is -2.05. The van der Waals surface area contributed by atoms with Gasteiger partial charge in [-0.05, 0) is 0 Å². The van der Waals surface area contributed by atoms with E-state index in [0.29, 0.717) is 17.4 Å². The van der Waals surface area contributed by atoms with Crippen LogP contribution in [-0.4, -0.2) is 11.0 Å². The number of anilines is 1. The molecule has 0 saturated carbocycles. The zero-order valence-electron chi connectivity index (χ0n) is 6.03. The summed E-state index contributed by atoms with van der Waals surface area (Å²) in [4.78, 5) is 14.4. The van der Waals surface area contributed by atoms with Gasteiger partial charge in [0.05, 0.1) is 5.38 Å².